The predicted octanol–water partition coefficient (Wildman–Crippen LogP) is 1.49. The Bertz CT molecular complexity index is 997. The zero-order valence-corrected chi connectivity index (χ0v) is 16.2. The lowest BCUT2D eigenvalue weighted by Gasteiger charge is -2.36. The van der Waals surface area contributed by atoms with Gasteiger partial charge in [0.25, 0.3) is 10.0 Å². The second kappa shape index (κ2) is 6.80. The molecule has 3 heterocycles. The fourth-order valence-electron chi connectivity index (χ4n) is 3.42. The Morgan fingerprint density at radius 3 is 2.52 bits per heavy atom. The Labute approximate surface area is 159 Å². The first-order chi connectivity index (χ1) is 13.0. The first-order valence-corrected chi connectivity index (χ1v) is 10.5. The van der Waals surface area contributed by atoms with E-state index in [0.29, 0.717) is 35.3 Å². The van der Waals surface area contributed by atoms with Gasteiger partial charge in [-0.15, -0.1) is 4.40 Å². The molecule has 4 rings (SSSR count). The molecule has 0 spiro atoms. The van der Waals surface area contributed by atoms with Crippen molar-refractivity contribution in [1.29, 1.82) is 0 Å². The van der Waals surface area contributed by atoms with Crippen LogP contribution in [-0.4, -0.2) is 61.8 Å². The number of rotatable bonds is 3. The van der Waals surface area contributed by atoms with Crippen LogP contribution in [0, 0.1) is 6.92 Å². The van der Waals surface area contributed by atoms with Crippen molar-refractivity contribution in [3.63, 3.8) is 0 Å². The van der Waals surface area contributed by atoms with Crippen LogP contribution in [0.3, 0.4) is 0 Å². The summed E-state index contributed by atoms with van der Waals surface area (Å²) in [4.78, 5) is 13.5. The maximum Gasteiger partial charge on any atom is 0.285 e. The zero-order chi connectivity index (χ0) is 19.0. The molecule has 1 aromatic carbocycles. The van der Waals surface area contributed by atoms with Crippen LogP contribution in [0.15, 0.2) is 39.6 Å². The highest BCUT2D eigenvalue weighted by Gasteiger charge is 2.33. The third kappa shape index (κ3) is 3.34. The van der Waals surface area contributed by atoms with Crippen molar-refractivity contribution in [2.75, 3.05) is 42.9 Å². The van der Waals surface area contributed by atoms with E-state index in [9.17, 15) is 8.42 Å². The SMILES string of the molecule is CCNc1nc(C)cc(N2CCN(C3=NS(=O)(=O)c4ccccc43)CC2)n1. The first kappa shape index (κ1) is 17.7. The van der Waals surface area contributed by atoms with Crippen LogP contribution < -0.4 is 10.2 Å². The zero-order valence-electron chi connectivity index (χ0n) is 15.4. The average Bonchev–Trinajstić information content (AvgIpc) is 2.93. The standard InChI is InChI=1S/C18H22N6O2S/c1-3-19-18-20-13(2)12-16(21-18)23-8-10-24(11-9-23)17-14-6-4-5-7-15(14)27(25,26)22-17/h4-7,12H,3,8-11H2,1-2H3,(H,19,20,21). The molecule has 142 valence electrons. The molecule has 27 heavy (non-hydrogen) atoms. The Hall–Kier alpha value is -2.68. The third-order valence-corrected chi connectivity index (χ3v) is 6.02. The molecule has 2 aliphatic heterocycles. The topological polar surface area (TPSA) is 90.8 Å². The minimum absolute atomic E-state index is 0.295. The van der Waals surface area contributed by atoms with Crippen molar-refractivity contribution in [3.8, 4) is 0 Å². The highest BCUT2D eigenvalue weighted by Crippen LogP contribution is 2.28. The lowest BCUT2D eigenvalue weighted by Crippen LogP contribution is -2.49. The smallest absolute Gasteiger partial charge is 0.285 e. The van der Waals surface area contributed by atoms with E-state index in [1.54, 1.807) is 12.1 Å². The van der Waals surface area contributed by atoms with Gasteiger partial charge in [0.2, 0.25) is 5.95 Å². The second-order valence-electron chi connectivity index (χ2n) is 6.58. The summed E-state index contributed by atoms with van der Waals surface area (Å²) in [6.07, 6.45) is 0. The normalized spacial score (nSPS) is 18.2. The number of aryl methyl sites for hydroxylation is 1. The Balaban J connectivity index is 1.52. The van der Waals surface area contributed by atoms with Crippen LogP contribution in [0.2, 0.25) is 0 Å². The number of aromatic nitrogens is 2. The van der Waals surface area contributed by atoms with E-state index in [2.05, 4.69) is 24.6 Å². The molecule has 0 bridgehead atoms. The van der Waals surface area contributed by atoms with Gasteiger partial charge in [-0.2, -0.15) is 13.4 Å². The molecule has 1 aromatic heterocycles. The lowest BCUT2D eigenvalue weighted by molar-refractivity contribution is 0.386. The fraction of sp³-hybridized carbons (Fsp3) is 0.389. The van der Waals surface area contributed by atoms with Crippen LogP contribution >= 0.6 is 0 Å². The number of piperazine rings is 1. The Morgan fingerprint density at radius 1 is 1.07 bits per heavy atom. The monoisotopic (exact) mass is 386 g/mol. The van der Waals surface area contributed by atoms with Crippen molar-refractivity contribution in [1.82, 2.24) is 14.9 Å². The van der Waals surface area contributed by atoms with Gasteiger partial charge in [-0.3, -0.25) is 0 Å². The highest BCUT2D eigenvalue weighted by molar-refractivity contribution is 7.90. The molecule has 0 unspecified atom stereocenters. The maximum atomic E-state index is 12.3. The summed E-state index contributed by atoms with van der Waals surface area (Å²) in [5, 5.41) is 3.16. The minimum atomic E-state index is -3.58. The largest absolute Gasteiger partial charge is 0.354 e. The number of amidine groups is 1. The van der Waals surface area contributed by atoms with Crippen LogP contribution in [-0.2, 0) is 10.0 Å². The number of nitrogens with one attached hydrogen (secondary N) is 1. The van der Waals surface area contributed by atoms with E-state index in [0.717, 1.165) is 31.1 Å². The molecule has 1 fully saturated rings. The van der Waals surface area contributed by atoms with Gasteiger partial charge in [0.1, 0.15) is 10.7 Å². The number of anilines is 2. The summed E-state index contributed by atoms with van der Waals surface area (Å²) in [5.41, 5.74) is 1.61. The summed E-state index contributed by atoms with van der Waals surface area (Å²) in [5.74, 6) is 2.08. The van der Waals surface area contributed by atoms with Gasteiger partial charge < -0.3 is 15.1 Å². The van der Waals surface area contributed by atoms with Gasteiger partial charge in [-0.05, 0) is 26.0 Å². The third-order valence-electron chi connectivity index (χ3n) is 4.69. The van der Waals surface area contributed by atoms with E-state index in [-0.39, 0.29) is 0 Å². The van der Waals surface area contributed by atoms with Crippen LogP contribution in [0.1, 0.15) is 18.2 Å². The van der Waals surface area contributed by atoms with E-state index < -0.39 is 10.0 Å². The van der Waals surface area contributed by atoms with E-state index in [1.165, 1.54) is 0 Å². The summed E-state index contributed by atoms with van der Waals surface area (Å²) in [6, 6.07) is 8.98. The van der Waals surface area contributed by atoms with Gasteiger partial charge in [-0.25, -0.2) is 4.98 Å². The van der Waals surface area contributed by atoms with Crippen LogP contribution in [0.4, 0.5) is 11.8 Å². The van der Waals surface area contributed by atoms with Crippen molar-refractivity contribution in [3.05, 3.63) is 41.6 Å². The molecule has 2 aliphatic rings. The molecule has 0 atom stereocenters. The van der Waals surface area contributed by atoms with Gasteiger partial charge in [0.05, 0.1) is 0 Å². The van der Waals surface area contributed by atoms with Crippen molar-refractivity contribution >= 4 is 27.6 Å². The molecule has 9 heteroatoms. The van der Waals surface area contributed by atoms with Gasteiger partial charge >= 0.3 is 0 Å². The van der Waals surface area contributed by atoms with Gasteiger partial charge in [0, 0.05) is 50.0 Å². The molecular formula is C18H22N6O2S. The van der Waals surface area contributed by atoms with Crippen LogP contribution in [0.25, 0.3) is 0 Å². The van der Waals surface area contributed by atoms with E-state index in [4.69, 9.17) is 0 Å². The maximum absolute atomic E-state index is 12.3. The first-order valence-electron chi connectivity index (χ1n) is 9.02. The van der Waals surface area contributed by atoms with Crippen molar-refractivity contribution in [2.45, 2.75) is 18.7 Å². The number of sulfonamides is 1. The van der Waals surface area contributed by atoms with Crippen molar-refractivity contribution in [2.24, 2.45) is 4.40 Å². The number of hydrogen-bond donors (Lipinski definition) is 1. The minimum Gasteiger partial charge on any atom is -0.354 e. The van der Waals surface area contributed by atoms with Gasteiger partial charge in [0.15, 0.2) is 5.84 Å². The van der Waals surface area contributed by atoms with Crippen molar-refractivity contribution < 1.29 is 8.42 Å². The number of fused-ring (bicyclic) bond motifs is 1. The summed E-state index contributed by atoms with van der Waals surface area (Å²) in [7, 11) is -3.58. The molecule has 2 aromatic rings. The molecule has 1 N–H and O–H groups in total. The molecule has 8 nitrogen and oxygen atoms in total. The number of nitrogens with zero attached hydrogens (tertiary/aromatic N) is 5. The number of hydrogen-bond acceptors (Lipinski definition) is 7. The predicted molar refractivity (Wildman–Crippen MR) is 105 cm³/mol. The van der Waals surface area contributed by atoms with Gasteiger partial charge in [-0.1, -0.05) is 12.1 Å². The molecule has 0 radical (unpaired) electrons. The summed E-state index contributed by atoms with van der Waals surface area (Å²) < 4.78 is 28.6. The molecule has 0 amide bonds. The second-order valence-corrected chi connectivity index (χ2v) is 8.15. The Kier molecular flexibility index (Phi) is 4.47. The molecule has 0 aliphatic carbocycles. The molecular weight excluding hydrogens is 364 g/mol. The quantitative estimate of drug-likeness (QED) is 0.854. The molecule has 0 saturated carbocycles. The van der Waals surface area contributed by atoms with E-state index in [1.807, 2.05) is 36.9 Å². The summed E-state index contributed by atoms with van der Waals surface area (Å²) >= 11 is 0. The fourth-order valence-corrected chi connectivity index (χ4v) is 4.64. The summed E-state index contributed by atoms with van der Waals surface area (Å²) in [6.45, 7) is 7.58. The highest BCUT2D eigenvalue weighted by atomic mass is 32.2. The van der Waals surface area contributed by atoms with Crippen LogP contribution in [0.5, 0.6) is 0 Å². The van der Waals surface area contributed by atoms with E-state index >= 15 is 0 Å². The lowest BCUT2D eigenvalue weighted by atomic mass is 10.1. The average molecular weight is 386 g/mol. The Morgan fingerprint density at radius 2 is 1.78 bits per heavy atom. The number of benzene rings is 1. The molecule has 1 saturated heterocycles.